The molecular weight excluding hydrogens is 370 g/mol. The zero-order chi connectivity index (χ0) is 19.4. The molecule has 0 aliphatic heterocycles. The first-order chi connectivity index (χ1) is 13.0. The van der Waals surface area contributed by atoms with Crippen molar-refractivity contribution >= 4 is 23.4 Å². The van der Waals surface area contributed by atoms with Crippen molar-refractivity contribution in [2.45, 2.75) is 44.9 Å². The van der Waals surface area contributed by atoms with Gasteiger partial charge in [0, 0.05) is 23.6 Å². The van der Waals surface area contributed by atoms with Gasteiger partial charge in [0.15, 0.2) is 0 Å². The van der Waals surface area contributed by atoms with Gasteiger partial charge in [0.05, 0.1) is 17.8 Å². The lowest BCUT2D eigenvalue weighted by atomic mass is 10.1. The number of aliphatic hydroxyl groups is 1. The molecule has 3 atom stereocenters. The van der Waals surface area contributed by atoms with Crippen LogP contribution in [-0.2, 0) is 17.8 Å². The minimum absolute atomic E-state index is 0.105. The summed E-state index contributed by atoms with van der Waals surface area (Å²) >= 11 is 5.94. The molecule has 0 saturated heterocycles. The summed E-state index contributed by atoms with van der Waals surface area (Å²) in [4.78, 5) is 24.6. The molecule has 7 nitrogen and oxygen atoms in total. The van der Waals surface area contributed by atoms with E-state index in [1.165, 1.54) is 0 Å². The lowest BCUT2D eigenvalue weighted by molar-refractivity contribution is -0.125. The normalized spacial score (nSPS) is 21.8. The molecule has 0 bridgehead atoms. The van der Waals surface area contributed by atoms with Gasteiger partial charge in [0.2, 0.25) is 11.7 Å². The summed E-state index contributed by atoms with van der Waals surface area (Å²) in [5.41, 5.74) is 1.58. The number of aromatic nitrogens is 1. The van der Waals surface area contributed by atoms with Gasteiger partial charge in [-0.3, -0.25) is 9.59 Å². The van der Waals surface area contributed by atoms with Crippen molar-refractivity contribution < 1.29 is 19.2 Å². The van der Waals surface area contributed by atoms with Crippen molar-refractivity contribution in [2.75, 3.05) is 0 Å². The van der Waals surface area contributed by atoms with Crippen molar-refractivity contribution in [1.82, 2.24) is 15.8 Å². The molecular formula is C19H22ClN3O4. The average Bonchev–Trinajstić information content (AvgIpc) is 3.27. The number of hydrogen-bond acceptors (Lipinski definition) is 5. The first-order valence-corrected chi connectivity index (χ1v) is 9.30. The summed E-state index contributed by atoms with van der Waals surface area (Å²) in [5.74, 6) is -0.858. The Morgan fingerprint density at radius 3 is 2.85 bits per heavy atom. The molecule has 144 valence electrons. The summed E-state index contributed by atoms with van der Waals surface area (Å²) in [5, 5.41) is 20.2. The second kappa shape index (κ2) is 8.54. The van der Waals surface area contributed by atoms with Crippen LogP contribution in [0.3, 0.4) is 0 Å². The topological polar surface area (TPSA) is 104 Å². The third kappa shape index (κ3) is 4.87. The molecule has 1 heterocycles. The highest BCUT2D eigenvalue weighted by Gasteiger charge is 2.38. The molecule has 27 heavy (non-hydrogen) atoms. The molecule has 0 radical (unpaired) electrons. The van der Waals surface area contributed by atoms with Crippen molar-refractivity contribution in [1.29, 1.82) is 0 Å². The number of rotatable bonds is 6. The summed E-state index contributed by atoms with van der Waals surface area (Å²) in [7, 11) is 0. The highest BCUT2D eigenvalue weighted by Crippen LogP contribution is 2.27. The van der Waals surface area contributed by atoms with E-state index in [-0.39, 0.29) is 17.6 Å². The quantitative estimate of drug-likeness (QED) is 0.699. The predicted molar refractivity (Wildman–Crippen MR) is 99.2 cm³/mol. The van der Waals surface area contributed by atoms with Crippen LogP contribution < -0.4 is 10.6 Å². The Labute approximate surface area is 162 Å². The number of amides is 2. The molecule has 2 aromatic rings. The van der Waals surface area contributed by atoms with Crippen LogP contribution in [0.1, 0.15) is 41.6 Å². The maximum Gasteiger partial charge on any atom is 0.290 e. The van der Waals surface area contributed by atoms with E-state index in [0.29, 0.717) is 36.5 Å². The molecule has 0 spiro atoms. The minimum Gasteiger partial charge on any atom is -0.391 e. The number of aryl methyl sites for hydroxylation is 1. The van der Waals surface area contributed by atoms with Gasteiger partial charge in [0.1, 0.15) is 0 Å². The molecule has 8 heteroatoms. The van der Waals surface area contributed by atoms with Gasteiger partial charge in [0.25, 0.3) is 5.91 Å². The largest absolute Gasteiger partial charge is 0.391 e. The maximum atomic E-state index is 12.4. The van der Waals surface area contributed by atoms with E-state index in [4.69, 9.17) is 16.1 Å². The summed E-state index contributed by atoms with van der Waals surface area (Å²) < 4.78 is 5.00. The SMILES string of the molecule is CCc1cc(C(=O)N[C@@H]2C[C@H](C(=O)NCc3cccc(Cl)c3)C[C@H]2O)on1. The van der Waals surface area contributed by atoms with Crippen LogP contribution in [0.15, 0.2) is 34.9 Å². The van der Waals surface area contributed by atoms with Gasteiger partial charge in [-0.2, -0.15) is 0 Å². The smallest absolute Gasteiger partial charge is 0.290 e. The number of hydrogen-bond donors (Lipinski definition) is 3. The number of nitrogens with one attached hydrogen (secondary N) is 2. The van der Waals surface area contributed by atoms with Crippen LogP contribution in [0.5, 0.6) is 0 Å². The molecule has 1 aliphatic carbocycles. The van der Waals surface area contributed by atoms with E-state index in [0.717, 1.165) is 5.56 Å². The Hall–Kier alpha value is -2.38. The van der Waals surface area contributed by atoms with Crippen LogP contribution in [0.25, 0.3) is 0 Å². The van der Waals surface area contributed by atoms with Crippen molar-refractivity contribution in [3.63, 3.8) is 0 Å². The van der Waals surface area contributed by atoms with Crippen LogP contribution in [0.4, 0.5) is 0 Å². The van der Waals surface area contributed by atoms with E-state index in [1.54, 1.807) is 18.2 Å². The minimum atomic E-state index is -0.788. The molecule has 1 fully saturated rings. The molecule has 1 aliphatic rings. The fraction of sp³-hybridized carbons (Fsp3) is 0.421. The monoisotopic (exact) mass is 391 g/mol. The zero-order valence-corrected chi connectivity index (χ0v) is 15.7. The standard InChI is InChI=1S/C19H22ClN3O4/c1-2-14-9-17(27-23-14)19(26)22-15-7-12(8-16(15)24)18(25)21-10-11-4-3-5-13(20)6-11/h3-6,9,12,15-16,24H,2,7-8,10H2,1H3,(H,21,25)(H,22,26)/t12-,15+,16+/m0/s1. The zero-order valence-electron chi connectivity index (χ0n) is 14.9. The fourth-order valence-electron chi connectivity index (χ4n) is 3.19. The number of aliphatic hydroxyl groups excluding tert-OH is 1. The van der Waals surface area contributed by atoms with Crippen LogP contribution in [0, 0.1) is 5.92 Å². The Kier molecular flexibility index (Phi) is 6.13. The molecule has 1 aromatic heterocycles. The number of carbonyl (C=O) groups is 2. The lowest BCUT2D eigenvalue weighted by Crippen LogP contribution is -2.40. The van der Waals surface area contributed by atoms with Crippen molar-refractivity contribution in [3.05, 3.63) is 52.4 Å². The Balaban J connectivity index is 1.52. The van der Waals surface area contributed by atoms with Gasteiger partial charge in [-0.05, 0) is 37.0 Å². The first kappa shape index (κ1) is 19.4. The average molecular weight is 392 g/mol. The molecule has 1 saturated carbocycles. The summed E-state index contributed by atoms with van der Waals surface area (Å²) in [6.07, 6.45) is 0.536. The van der Waals surface area contributed by atoms with Crippen molar-refractivity contribution in [3.8, 4) is 0 Å². The Morgan fingerprint density at radius 2 is 2.15 bits per heavy atom. The lowest BCUT2D eigenvalue weighted by Gasteiger charge is -2.15. The van der Waals surface area contributed by atoms with Crippen LogP contribution in [-0.4, -0.2) is 34.2 Å². The van der Waals surface area contributed by atoms with Crippen LogP contribution >= 0.6 is 11.6 Å². The molecule has 2 amide bonds. The predicted octanol–water partition coefficient (Wildman–Crippen LogP) is 2.08. The fourth-order valence-corrected chi connectivity index (χ4v) is 3.40. The molecule has 3 rings (SSSR count). The van der Waals surface area contributed by atoms with Crippen molar-refractivity contribution in [2.24, 2.45) is 5.92 Å². The van der Waals surface area contributed by atoms with Gasteiger partial charge >= 0.3 is 0 Å². The Morgan fingerprint density at radius 1 is 1.33 bits per heavy atom. The van der Waals surface area contributed by atoms with E-state index in [9.17, 15) is 14.7 Å². The molecule has 3 N–H and O–H groups in total. The first-order valence-electron chi connectivity index (χ1n) is 8.93. The third-order valence-electron chi connectivity index (χ3n) is 4.72. The number of nitrogens with zero attached hydrogens (tertiary/aromatic N) is 1. The van der Waals surface area contributed by atoms with E-state index in [2.05, 4.69) is 15.8 Å². The number of benzene rings is 1. The highest BCUT2D eigenvalue weighted by molar-refractivity contribution is 6.30. The summed E-state index contributed by atoms with van der Waals surface area (Å²) in [6.45, 7) is 2.27. The van der Waals surface area contributed by atoms with E-state index in [1.807, 2.05) is 19.1 Å². The number of carbonyl (C=O) groups excluding carboxylic acids is 2. The van der Waals surface area contributed by atoms with E-state index >= 15 is 0 Å². The van der Waals surface area contributed by atoms with Gasteiger partial charge in [-0.15, -0.1) is 0 Å². The molecule has 0 unspecified atom stereocenters. The van der Waals surface area contributed by atoms with E-state index < -0.39 is 18.1 Å². The number of halogens is 1. The molecule has 1 aromatic carbocycles. The summed E-state index contributed by atoms with van der Waals surface area (Å²) in [6, 6.07) is 8.32. The second-order valence-electron chi connectivity index (χ2n) is 6.70. The van der Waals surface area contributed by atoms with Gasteiger partial charge < -0.3 is 20.3 Å². The highest BCUT2D eigenvalue weighted by atomic mass is 35.5. The third-order valence-corrected chi connectivity index (χ3v) is 4.95. The Bertz CT molecular complexity index is 823. The van der Waals surface area contributed by atoms with Crippen LogP contribution in [0.2, 0.25) is 5.02 Å². The van der Waals surface area contributed by atoms with Gasteiger partial charge in [-0.25, -0.2) is 0 Å². The maximum absolute atomic E-state index is 12.4. The second-order valence-corrected chi connectivity index (χ2v) is 7.14. The van der Waals surface area contributed by atoms with Gasteiger partial charge in [-0.1, -0.05) is 35.8 Å².